The normalized spacial score (nSPS) is 12.9. The lowest BCUT2D eigenvalue weighted by Crippen LogP contribution is -2.04. The van der Waals surface area contributed by atoms with Crippen LogP contribution < -0.4 is 10.1 Å². The fraction of sp³-hybridized carbons (Fsp3) is 0.214. The Balaban J connectivity index is 1.90. The van der Waals surface area contributed by atoms with Crippen molar-refractivity contribution in [1.29, 1.82) is 0 Å². The Bertz CT molecular complexity index is 572. The average Bonchev–Trinajstić information content (AvgIpc) is 2.84. The summed E-state index contributed by atoms with van der Waals surface area (Å²) in [5.41, 5.74) is 2.40. The van der Waals surface area contributed by atoms with E-state index < -0.39 is 0 Å². The summed E-state index contributed by atoms with van der Waals surface area (Å²) in [5, 5.41) is 3.27. The van der Waals surface area contributed by atoms with E-state index in [1.165, 1.54) is 21.0 Å². The second-order valence-corrected chi connectivity index (χ2v) is 5.08. The van der Waals surface area contributed by atoms with Crippen molar-refractivity contribution in [3.63, 3.8) is 0 Å². The lowest BCUT2D eigenvalue weighted by Gasteiger charge is -2.05. The van der Waals surface area contributed by atoms with Crippen molar-refractivity contribution >= 4 is 23.2 Å². The number of rotatable bonds is 3. The third-order valence-electron chi connectivity index (χ3n) is 2.78. The smallest absolute Gasteiger partial charge is 0.119 e. The van der Waals surface area contributed by atoms with Crippen molar-refractivity contribution in [2.45, 2.75) is 6.92 Å². The Labute approximate surface area is 110 Å². The first-order valence-electron chi connectivity index (χ1n) is 5.97. The molecule has 1 aliphatic rings. The molecule has 1 aliphatic heterocycles. The highest BCUT2D eigenvalue weighted by atomic mass is 32.1. The summed E-state index contributed by atoms with van der Waals surface area (Å²) in [6.45, 7) is 3.37. The molecule has 0 atom stereocenters. The maximum absolute atomic E-state index is 5.45. The number of thiophene rings is 1. The number of nitrogens with one attached hydrogen (secondary N) is 1. The number of fused-ring (bicyclic) bond motifs is 1. The number of aliphatic imine (C=N–C) groups is 1. The van der Waals surface area contributed by atoms with E-state index in [9.17, 15) is 0 Å². The Morgan fingerprint density at radius 2 is 2.17 bits per heavy atom. The summed E-state index contributed by atoms with van der Waals surface area (Å²) in [6.07, 6.45) is 1.94. The van der Waals surface area contributed by atoms with Crippen LogP contribution in [-0.4, -0.2) is 19.5 Å². The van der Waals surface area contributed by atoms with Gasteiger partial charge >= 0.3 is 0 Å². The van der Waals surface area contributed by atoms with E-state index in [0.29, 0.717) is 13.3 Å². The summed E-state index contributed by atoms with van der Waals surface area (Å²) in [7, 11) is 0. The molecule has 2 aromatic rings. The first-order chi connectivity index (χ1) is 8.86. The van der Waals surface area contributed by atoms with E-state index in [2.05, 4.69) is 28.5 Å². The highest BCUT2D eigenvalue weighted by molar-refractivity contribution is 7.17. The van der Waals surface area contributed by atoms with E-state index in [4.69, 9.17) is 4.74 Å². The van der Waals surface area contributed by atoms with Crippen LogP contribution in [0.1, 0.15) is 11.8 Å². The van der Waals surface area contributed by atoms with E-state index in [-0.39, 0.29) is 0 Å². The van der Waals surface area contributed by atoms with Gasteiger partial charge < -0.3 is 10.1 Å². The molecular weight excluding hydrogens is 244 g/mol. The quantitative estimate of drug-likeness (QED) is 0.912. The third-order valence-corrected chi connectivity index (χ3v) is 3.90. The minimum Gasteiger partial charge on any atom is -0.494 e. The van der Waals surface area contributed by atoms with Gasteiger partial charge in [0.25, 0.3) is 0 Å². The van der Waals surface area contributed by atoms with Crippen LogP contribution in [0.25, 0.3) is 10.4 Å². The van der Waals surface area contributed by atoms with E-state index >= 15 is 0 Å². The molecular formula is C14H14N2OS. The molecule has 18 heavy (non-hydrogen) atoms. The largest absolute Gasteiger partial charge is 0.494 e. The van der Waals surface area contributed by atoms with Crippen LogP contribution in [0, 0.1) is 0 Å². The highest BCUT2D eigenvalue weighted by Gasteiger charge is 2.11. The van der Waals surface area contributed by atoms with Crippen LogP contribution in [-0.2, 0) is 0 Å². The summed E-state index contributed by atoms with van der Waals surface area (Å²) < 4.78 is 5.45. The van der Waals surface area contributed by atoms with E-state index in [1.807, 2.05) is 25.3 Å². The zero-order valence-electron chi connectivity index (χ0n) is 10.1. The number of hydrogen-bond donors (Lipinski definition) is 1. The minimum atomic E-state index is 0.673. The average molecular weight is 258 g/mol. The van der Waals surface area contributed by atoms with Crippen molar-refractivity contribution < 1.29 is 4.74 Å². The van der Waals surface area contributed by atoms with Gasteiger partial charge in [0.2, 0.25) is 0 Å². The van der Waals surface area contributed by atoms with Crippen LogP contribution in [0.15, 0.2) is 35.3 Å². The lowest BCUT2D eigenvalue weighted by atomic mass is 10.2. The minimum absolute atomic E-state index is 0.673. The molecule has 1 aromatic carbocycles. The Morgan fingerprint density at radius 3 is 2.89 bits per heavy atom. The molecule has 0 bridgehead atoms. The molecule has 0 fully saturated rings. The molecule has 0 spiro atoms. The van der Waals surface area contributed by atoms with Gasteiger partial charge in [-0.2, -0.15) is 0 Å². The predicted octanol–water partition coefficient (Wildman–Crippen LogP) is 3.62. The Morgan fingerprint density at radius 1 is 1.33 bits per heavy atom. The van der Waals surface area contributed by atoms with Crippen LogP contribution in [0.2, 0.25) is 0 Å². The Kier molecular flexibility index (Phi) is 3.02. The van der Waals surface area contributed by atoms with Gasteiger partial charge in [0.1, 0.15) is 12.4 Å². The molecule has 0 saturated heterocycles. The summed E-state index contributed by atoms with van der Waals surface area (Å²) in [6, 6.07) is 10.4. The molecule has 3 nitrogen and oxygen atoms in total. The molecule has 0 unspecified atom stereocenters. The van der Waals surface area contributed by atoms with Gasteiger partial charge in [-0.25, -0.2) is 0 Å². The first-order valence-corrected chi connectivity index (χ1v) is 6.79. The monoisotopic (exact) mass is 258 g/mol. The molecule has 3 rings (SSSR count). The standard InChI is InChI=1S/C14H14N2OS/c1-2-17-11-5-3-10(4-6-11)13-7-12-14(18-13)8-15-9-16-12/h3-8,16H,2,9H2,1H3. The van der Waals surface area contributed by atoms with Crippen molar-refractivity contribution in [1.82, 2.24) is 0 Å². The topological polar surface area (TPSA) is 33.6 Å². The summed E-state index contributed by atoms with van der Waals surface area (Å²) in [5.74, 6) is 0.919. The second-order valence-electron chi connectivity index (χ2n) is 3.99. The second kappa shape index (κ2) is 4.82. The molecule has 0 radical (unpaired) electrons. The van der Waals surface area contributed by atoms with Gasteiger partial charge in [-0.3, -0.25) is 4.99 Å². The SMILES string of the molecule is CCOc1ccc(-c2cc3c(s2)C=NCN3)cc1. The molecule has 92 valence electrons. The fourth-order valence-electron chi connectivity index (χ4n) is 1.92. The van der Waals surface area contributed by atoms with Gasteiger partial charge in [-0.1, -0.05) is 0 Å². The van der Waals surface area contributed by atoms with Gasteiger partial charge in [0.15, 0.2) is 0 Å². The number of nitrogens with zero attached hydrogens (tertiary/aromatic N) is 1. The number of anilines is 1. The zero-order chi connectivity index (χ0) is 12.4. The molecule has 1 N–H and O–H groups in total. The number of benzene rings is 1. The molecule has 0 amide bonds. The van der Waals surface area contributed by atoms with Gasteiger partial charge in [0, 0.05) is 11.1 Å². The molecule has 1 aromatic heterocycles. The first kappa shape index (κ1) is 11.3. The van der Waals surface area contributed by atoms with Crippen molar-refractivity contribution in [2.24, 2.45) is 4.99 Å². The van der Waals surface area contributed by atoms with Crippen LogP contribution in [0.3, 0.4) is 0 Å². The maximum Gasteiger partial charge on any atom is 0.119 e. The van der Waals surface area contributed by atoms with Crippen molar-refractivity contribution in [3.05, 3.63) is 35.2 Å². The zero-order valence-corrected chi connectivity index (χ0v) is 11.0. The lowest BCUT2D eigenvalue weighted by molar-refractivity contribution is 0.340. The summed E-state index contributed by atoms with van der Waals surface area (Å²) in [4.78, 5) is 6.67. The predicted molar refractivity (Wildman–Crippen MR) is 77.0 cm³/mol. The van der Waals surface area contributed by atoms with E-state index in [0.717, 1.165) is 5.75 Å². The van der Waals surface area contributed by atoms with Gasteiger partial charge in [0.05, 0.1) is 17.2 Å². The molecule has 0 aliphatic carbocycles. The number of hydrogen-bond acceptors (Lipinski definition) is 4. The van der Waals surface area contributed by atoms with Crippen molar-refractivity contribution in [3.8, 4) is 16.2 Å². The number of ether oxygens (including phenoxy) is 1. The van der Waals surface area contributed by atoms with Crippen LogP contribution >= 0.6 is 11.3 Å². The van der Waals surface area contributed by atoms with Crippen LogP contribution in [0.5, 0.6) is 5.75 Å². The molecule has 4 heteroatoms. The van der Waals surface area contributed by atoms with E-state index in [1.54, 1.807) is 11.3 Å². The molecule has 0 saturated carbocycles. The fourth-order valence-corrected chi connectivity index (χ4v) is 2.96. The maximum atomic E-state index is 5.45. The van der Waals surface area contributed by atoms with Gasteiger partial charge in [-0.05, 0) is 42.8 Å². The summed E-state index contributed by atoms with van der Waals surface area (Å²) >= 11 is 1.76. The van der Waals surface area contributed by atoms with Crippen LogP contribution in [0.4, 0.5) is 5.69 Å². The Hall–Kier alpha value is -1.81. The third kappa shape index (κ3) is 2.11. The molecule has 2 heterocycles. The van der Waals surface area contributed by atoms with Crippen molar-refractivity contribution in [2.75, 3.05) is 18.6 Å². The highest BCUT2D eigenvalue weighted by Crippen LogP contribution is 2.35. The van der Waals surface area contributed by atoms with Gasteiger partial charge in [-0.15, -0.1) is 11.3 Å².